The first-order valence-electron chi connectivity index (χ1n) is 10.0. The molecule has 0 radical (unpaired) electrons. The fourth-order valence-electron chi connectivity index (χ4n) is 3.68. The number of nitrogens with zero attached hydrogens (tertiary/aromatic N) is 6. The molecule has 0 fully saturated rings. The van der Waals surface area contributed by atoms with Gasteiger partial charge in [0.2, 0.25) is 5.95 Å². The van der Waals surface area contributed by atoms with Crippen molar-refractivity contribution < 1.29 is 9.50 Å². The molecule has 0 spiro atoms. The van der Waals surface area contributed by atoms with Crippen molar-refractivity contribution in [1.29, 1.82) is 0 Å². The predicted molar refractivity (Wildman–Crippen MR) is 113 cm³/mol. The van der Waals surface area contributed by atoms with Gasteiger partial charge in [-0.1, -0.05) is 19.9 Å². The van der Waals surface area contributed by atoms with Crippen LogP contribution in [0.5, 0.6) is 0 Å². The van der Waals surface area contributed by atoms with E-state index in [9.17, 15) is 9.50 Å². The molecule has 9 nitrogen and oxygen atoms in total. The van der Waals surface area contributed by atoms with Crippen LogP contribution in [0, 0.1) is 5.82 Å². The van der Waals surface area contributed by atoms with Gasteiger partial charge in [-0.15, -0.1) is 0 Å². The van der Waals surface area contributed by atoms with Crippen molar-refractivity contribution in [1.82, 2.24) is 29.5 Å². The monoisotopic (exact) mass is 420 g/mol. The Morgan fingerprint density at radius 3 is 2.94 bits per heavy atom. The molecule has 3 N–H and O–H groups in total. The highest BCUT2D eigenvalue weighted by Crippen LogP contribution is 2.27. The molecule has 5 rings (SSSR count). The molecule has 1 aliphatic heterocycles. The van der Waals surface area contributed by atoms with Crippen molar-refractivity contribution in [2.75, 3.05) is 10.6 Å². The van der Waals surface area contributed by atoms with Gasteiger partial charge in [0.25, 0.3) is 0 Å². The van der Waals surface area contributed by atoms with Crippen LogP contribution in [0.1, 0.15) is 30.9 Å². The smallest absolute Gasteiger partial charge is 0.228 e. The molecule has 4 aromatic rings. The van der Waals surface area contributed by atoms with Gasteiger partial charge in [-0.3, -0.25) is 4.98 Å². The first-order chi connectivity index (χ1) is 15.0. The normalized spacial score (nSPS) is 18.1. The first kappa shape index (κ1) is 19.3. The predicted octanol–water partition coefficient (Wildman–Crippen LogP) is 2.61. The molecule has 0 saturated heterocycles. The number of aromatic nitrogens is 6. The van der Waals surface area contributed by atoms with Gasteiger partial charge >= 0.3 is 0 Å². The number of anilines is 2. The third-order valence-electron chi connectivity index (χ3n) is 5.29. The largest absolute Gasteiger partial charge is 0.372 e. The molecule has 5 heterocycles. The van der Waals surface area contributed by atoms with Crippen LogP contribution in [-0.4, -0.2) is 46.9 Å². The van der Waals surface area contributed by atoms with E-state index in [4.69, 9.17) is 0 Å². The molecule has 2 atom stereocenters. The van der Waals surface area contributed by atoms with Crippen molar-refractivity contribution in [2.45, 2.75) is 38.5 Å². The Morgan fingerprint density at radius 1 is 1.26 bits per heavy atom. The quantitative estimate of drug-likeness (QED) is 0.462. The lowest BCUT2D eigenvalue weighted by atomic mass is 10.0. The summed E-state index contributed by atoms with van der Waals surface area (Å²) in [5.41, 5.74) is 2.99. The van der Waals surface area contributed by atoms with Crippen LogP contribution < -0.4 is 10.6 Å². The van der Waals surface area contributed by atoms with Crippen LogP contribution in [-0.2, 0) is 6.42 Å². The molecule has 4 aromatic heterocycles. The number of hydrogen-bond acceptors (Lipinski definition) is 8. The topological polar surface area (TPSA) is 113 Å². The lowest BCUT2D eigenvalue weighted by molar-refractivity contribution is 0.174. The van der Waals surface area contributed by atoms with Crippen LogP contribution in [0.25, 0.3) is 17.0 Å². The second-order valence-corrected chi connectivity index (χ2v) is 7.81. The summed E-state index contributed by atoms with van der Waals surface area (Å²) in [5, 5.41) is 21.4. The summed E-state index contributed by atoms with van der Waals surface area (Å²) in [6.45, 7) is 4.10. The van der Waals surface area contributed by atoms with Crippen LogP contribution in [0.2, 0.25) is 0 Å². The molecule has 0 aromatic carbocycles. The van der Waals surface area contributed by atoms with E-state index >= 15 is 0 Å². The maximum Gasteiger partial charge on any atom is 0.228 e. The highest BCUT2D eigenvalue weighted by molar-refractivity contribution is 5.62. The van der Waals surface area contributed by atoms with Crippen LogP contribution in [0.4, 0.5) is 16.2 Å². The van der Waals surface area contributed by atoms with Crippen molar-refractivity contribution in [3.05, 3.63) is 59.9 Å². The molecule has 10 heteroatoms. The zero-order valence-corrected chi connectivity index (χ0v) is 17.0. The Hall–Kier alpha value is -3.66. The molecule has 0 saturated carbocycles. The zero-order valence-electron chi connectivity index (χ0n) is 17.0. The molecule has 31 heavy (non-hydrogen) atoms. The Balaban J connectivity index is 1.59. The summed E-state index contributed by atoms with van der Waals surface area (Å²) < 4.78 is 15.4. The van der Waals surface area contributed by atoms with Crippen LogP contribution in [0.15, 0.2) is 43.0 Å². The van der Waals surface area contributed by atoms with Crippen molar-refractivity contribution in [2.24, 2.45) is 0 Å². The van der Waals surface area contributed by atoms with Gasteiger partial charge < -0.3 is 15.7 Å². The third kappa shape index (κ3) is 3.55. The number of hydrogen-bond donors (Lipinski definition) is 3. The van der Waals surface area contributed by atoms with Crippen molar-refractivity contribution in [3.8, 4) is 11.4 Å². The number of rotatable bonds is 4. The van der Waals surface area contributed by atoms with E-state index in [1.54, 1.807) is 16.9 Å². The first-order valence-corrected chi connectivity index (χ1v) is 10.0. The molecule has 2 unspecified atom stereocenters. The third-order valence-corrected chi connectivity index (χ3v) is 5.29. The number of aliphatic hydroxyl groups is 1. The second kappa shape index (κ2) is 7.55. The fourth-order valence-corrected chi connectivity index (χ4v) is 3.68. The Kier molecular flexibility index (Phi) is 4.70. The van der Waals surface area contributed by atoms with Crippen LogP contribution in [0.3, 0.4) is 0 Å². The molecule has 158 valence electrons. The van der Waals surface area contributed by atoms with E-state index in [-0.39, 0.29) is 12.0 Å². The number of halogens is 1. The summed E-state index contributed by atoms with van der Waals surface area (Å²) in [5.74, 6) is 1.09. The SMILES string of the molecule is CC(C)c1cnn2c(NC3Cc4cccnc4NC3O)nc(-c3cncc(F)c3)nc12. The summed E-state index contributed by atoms with van der Waals surface area (Å²) >= 11 is 0. The van der Waals surface area contributed by atoms with Gasteiger partial charge in [0.05, 0.1) is 18.4 Å². The molecular weight excluding hydrogens is 399 g/mol. The lowest BCUT2D eigenvalue weighted by Crippen LogP contribution is -2.45. The van der Waals surface area contributed by atoms with E-state index in [0.29, 0.717) is 35.2 Å². The number of pyridine rings is 2. The summed E-state index contributed by atoms with van der Waals surface area (Å²) in [4.78, 5) is 17.4. The number of aliphatic hydroxyl groups excluding tert-OH is 1. The standard InChI is InChI=1S/C21H21FN8O/c1-11(2)15-10-25-30-19(15)27-18(13-6-14(22)9-23-8-13)29-21(30)26-16-7-12-4-3-5-24-17(12)28-20(16)31/h3-6,8-11,16,20,31H,7H2,1-2H3,(H,24,28)(H,26,27,29). The molecule has 0 aliphatic carbocycles. The second-order valence-electron chi connectivity index (χ2n) is 7.81. The molecule has 0 amide bonds. The lowest BCUT2D eigenvalue weighted by Gasteiger charge is -2.31. The Bertz CT molecular complexity index is 1260. The van der Waals surface area contributed by atoms with Crippen molar-refractivity contribution >= 4 is 17.4 Å². The highest BCUT2D eigenvalue weighted by atomic mass is 19.1. The van der Waals surface area contributed by atoms with Crippen molar-refractivity contribution in [3.63, 3.8) is 0 Å². The van der Waals surface area contributed by atoms with E-state index < -0.39 is 12.0 Å². The number of fused-ring (bicyclic) bond motifs is 2. The average molecular weight is 420 g/mol. The fraction of sp³-hybridized carbons (Fsp3) is 0.286. The van der Waals surface area contributed by atoms with Gasteiger partial charge in [0.1, 0.15) is 17.9 Å². The van der Waals surface area contributed by atoms with Gasteiger partial charge in [-0.2, -0.15) is 14.6 Å². The van der Waals surface area contributed by atoms with E-state index in [2.05, 4.69) is 35.7 Å². The molecular formula is C21H21FN8O. The minimum absolute atomic E-state index is 0.179. The number of nitrogens with one attached hydrogen (secondary N) is 2. The van der Waals surface area contributed by atoms with Gasteiger partial charge in [0.15, 0.2) is 11.5 Å². The molecule has 1 aliphatic rings. The van der Waals surface area contributed by atoms with E-state index in [0.717, 1.165) is 17.3 Å². The Labute approximate surface area is 177 Å². The summed E-state index contributed by atoms with van der Waals surface area (Å²) in [6.07, 6.45) is 5.74. The highest BCUT2D eigenvalue weighted by Gasteiger charge is 2.28. The van der Waals surface area contributed by atoms with E-state index in [1.807, 2.05) is 26.0 Å². The maximum absolute atomic E-state index is 13.8. The molecule has 0 bridgehead atoms. The summed E-state index contributed by atoms with van der Waals surface area (Å²) in [6, 6.07) is 4.77. The minimum Gasteiger partial charge on any atom is -0.372 e. The van der Waals surface area contributed by atoms with Gasteiger partial charge in [0, 0.05) is 29.9 Å². The van der Waals surface area contributed by atoms with Gasteiger partial charge in [-0.25, -0.2) is 14.4 Å². The van der Waals surface area contributed by atoms with E-state index in [1.165, 1.54) is 12.3 Å². The minimum atomic E-state index is -0.883. The maximum atomic E-state index is 13.8. The van der Waals surface area contributed by atoms with Gasteiger partial charge in [-0.05, 0) is 23.6 Å². The zero-order chi connectivity index (χ0) is 21.5. The average Bonchev–Trinajstić information content (AvgIpc) is 3.19. The van der Waals surface area contributed by atoms with Crippen LogP contribution >= 0.6 is 0 Å². The Morgan fingerprint density at radius 2 is 2.13 bits per heavy atom. The summed E-state index contributed by atoms with van der Waals surface area (Å²) in [7, 11) is 0.